The number of benzene rings is 1. The average Bonchev–Trinajstić information content (AvgIpc) is 3.02. The van der Waals surface area contributed by atoms with E-state index in [9.17, 15) is 4.79 Å². The zero-order chi connectivity index (χ0) is 17.8. The Morgan fingerprint density at radius 3 is 2.56 bits per heavy atom. The summed E-state index contributed by atoms with van der Waals surface area (Å²) in [4.78, 5) is 17.7. The summed E-state index contributed by atoms with van der Waals surface area (Å²) in [5.41, 5.74) is 11.5. The number of amides is 1. The monoisotopic (exact) mass is 370 g/mol. The Balaban J connectivity index is 1.78. The van der Waals surface area contributed by atoms with Crippen LogP contribution in [-0.4, -0.2) is 16.6 Å². The molecule has 0 saturated heterocycles. The van der Waals surface area contributed by atoms with Crippen LogP contribution in [0.25, 0.3) is 10.4 Å². The van der Waals surface area contributed by atoms with E-state index in [0.717, 1.165) is 16.0 Å². The smallest absolute Gasteiger partial charge is 0.283 e. The number of hydrogen-bond donors (Lipinski definition) is 2. The zero-order valence-corrected chi connectivity index (χ0v) is 14.9. The number of carbonyl (C=O) groups excluding carboxylic acids is 1. The number of carbonyl (C=O) groups is 1. The molecule has 0 aliphatic heterocycles. The number of pyridine rings is 1. The molecule has 0 atom stereocenters. The quantitative estimate of drug-likeness (QED) is 0.533. The van der Waals surface area contributed by atoms with E-state index in [1.807, 2.05) is 31.2 Å². The van der Waals surface area contributed by atoms with Gasteiger partial charge in [0.25, 0.3) is 5.91 Å². The molecular weight excluding hydrogens is 356 g/mol. The average molecular weight is 371 g/mol. The first-order valence-corrected chi connectivity index (χ1v) is 8.64. The van der Waals surface area contributed by atoms with Crippen molar-refractivity contribution in [2.24, 2.45) is 5.10 Å². The highest BCUT2D eigenvalue weighted by molar-refractivity contribution is 7.18. The molecule has 7 heteroatoms. The van der Waals surface area contributed by atoms with Crippen LogP contribution in [0.1, 0.15) is 22.2 Å². The van der Waals surface area contributed by atoms with Crippen LogP contribution in [0.3, 0.4) is 0 Å². The van der Waals surface area contributed by atoms with Crippen LogP contribution < -0.4 is 11.2 Å². The third-order valence-electron chi connectivity index (χ3n) is 3.52. The molecule has 2 heterocycles. The summed E-state index contributed by atoms with van der Waals surface area (Å²) in [6.07, 6.45) is 3.34. The molecule has 3 N–H and O–H groups in total. The molecule has 5 nitrogen and oxygen atoms in total. The van der Waals surface area contributed by atoms with Crippen molar-refractivity contribution in [2.45, 2.75) is 6.92 Å². The van der Waals surface area contributed by atoms with Crippen LogP contribution in [0.15, 0.2) is 60.0 Å². The SMILES string of the molecule is C/C(=N/NC(=O)c1sc(-c2ccc(Cl)cc2)cc1N)c1ccncc1. The van der Waals surface area contributed by atoms with Gasteiger partial charge in [0.15, 0.2) is 0 Å². The predicted octanol–water partition coefficient (Wildman–Crippen LogP) is 4.20. The van der Waals surface area contributed by atoms with Gasteiger partial charge in [0, 0.05) is 27.9 Å². The second-order valence-corrected chi connectivity index (χ2v) is 6.76. The molecule has 25 heavy (non-hydrogen) atoms. The first-order valence-electron chi connectivity index (χ1n) is 7.45. The summed E-state index contributed by atoms with van der Waals surface area (Å²) in [6.45, 7) is 1.81. The molecule has 126 valence electrons. The van der Waals surface area contributed by atoms with E-state index in [1.54, 1.807) is 30.6 Å². The lowest BCUT2D eigenvalue weighted by molar-refractivity contribution is 0.0959. The molecule has 0 aliphatic carbocycles. The van der Waals surface area contributed by atoms with Gasteiger partial charge in [-0.05, 0) is 42.8 Å². The molecule has 0 unspecified atom stereocenters. The normalized spacial score (nSPS) is 11.4. The van der Waals surface area contributed by atoms with Crippen LogP contribution in [-0.2, 0) is 0 Å². The second kappa shape index (κ2) is 7.46. The fraction of sp³-hybridized carbons (Fsp3) is 0.0556. The number of halogens is 1. The van der Waals surface area contributed by atoms with Crippen molar-refractivity contribution < 1.29 is 4.79 Å². The van der Waals surface area contributed by atoms with Crippen LogP contribution in [0, 0.1) is 0 Å². The number of nitrogens with one attached hydrogen (secondary N) is 1. The molecule has 0 aliphatic rings. The minimum atomic E-state index is -0.337. The molecular formula is C18H15ClN4OS. The molecule has 3 aromatic rings. The third kappa shape index (κ3) is 4.04. The van der Waals surface area contributed by atoms with Gasteiger partial charge in [-0.2, -0.15) is 5.10 Å². The third-order valence-corrected chi connectivity index (χ3v) is 4.97. The molecule has 1 amide bonds. The summed E-state index contributed by atoms with van der Waals surface area (Å²) >= 11 is 7.22. The van der Waals surface area contributed by atoms with E-state index in [4.69, 9.17) is 17.3 Å². The van der Waals surface area contributed by atoms with Crippen molar-refractivity contribution in [1.82, 2.24) is 10.4 Å². The van der Waals surface area contributed by atoms with Gasteiger partial charge in [0.2, 0.25) is 0 Å². The minimum Gasteiger partial charge on any atom is -0.397 e. The number of hydrazone groups is 1. The fourth-order valence-electron chi connectivity index (χ4n) is 2.18. The highest BCUT2D eigenvalue weighted by Gasteiger charge is 2.15. The number of nitrogens with two attached hydrogens (primary N) is 1. The molecule has 0 spiro atoms. The van der Waals surface area contributed by atoms with E-state index in [-0.39, 0.29) is 5.91 Å². The summed E-state index contributed by atoms with van der Waals surface area (Å²) in [6, 6.07) is 12.8. The summed E-state index contributed by atoms with van der Waals surface area (Å²) in [7, 11) is 0. The van der Waals surface area contributed by atoms with Crippen molar-refractivity contribution in [2.75, 3.05) is 5.73 Å². The van der Waals surface area contributed by atoms with Gasteiger partial charge >= 0.3 is 0 Å². The van der Waals surface area contributed by atoms with Gasteiger partial charge in [-0.15, -0.1) is 11.3 Å². The summed E-state index contributed by atoms with van der Waals surface area (Å²) in [5, 5.41) is 4.79. The first kappa shape index (κ1) is 17.1. The highest BCUT2D eigenvalue weighted by atomic mass is 35.5. The molecule has 0 saturated carbocycles. The Bertz CT molecular complexity index is 920. The van der Waals surface area contributed by atoms with Crippen molar-refractivity contribution in [1.29, 1.82) is 0 Å². The standard InChI is InChI=1S/C18H15ClN4OS/c1-11(12-6-8-21-9-7-12)22-23-18(24)17-15(20)10-16(25-17)13-2-4-14(19)5-3-13/h2-10H,20H2,1H3,(H,23,24)/b22-11-. The topological polar surface area (TPSA) is 80.4 Å². The number of rotatable bonds is 4. The molecule has 2 aromatic heterocycles. The number of nitrogens with zero attached hydrogens (tertiary/aromatic N) is 2. The number of aromatic nitrogens is 1. The Morgan fingerprint density at radius 1 is 1.20 bits per heavy atom. The van der Waals surface area contributed by atoms with E-state index < -0.39 is 0 Å². The zero-order valence-electron chi connectivity index (χ0n) is 13.4. The van der Waals surface area contributed by atoms with Gasteiger partial charge in [-0.1, -0.05) is 23.7 Å². The van der Waals surface area contributed by atoms with Gasteiger partial charge in [-0.3, -0.25) is 9.78 Å². The largest absolute Gasteiger partial charge is 0.397 e. The Labute approximate surface area is 154 Å². The van der Waals surface area contributed by atoms with Crippen LogP contribution in [0.2, 0.25) is 5.02 Å². The van der Waals surface area contributed by atoms with Crippen LogP contribution in [0.4, 0.5) is 5.69 Å². The van der Waals surface area contributed by atoms with E-state index in [1.165, 1.54) is 11.3 Å². The number of hydrogen-bond acceptors (Lipinski definition) is 5. The maximum absolute atomic E-state index is 12.4. The molecule has 3 rings (SSSR count). The summed E-state index contributed by atoms with van der Waals surface area (Å²) in [5.74, 6) is -0.337. The van der Waals surface area contributed by atoms with E-state index in [0.29, 0.717) is 21.3 Å². The van der Waals surface area contributed by atoms with Crippen molar-refractivity contribution >= 4 is 40.2 Å². The Hall–Kier alpha value is -2.70. The maximum Gasteiger partial charge on any atom is 0.283 e. The minimum absolute atomic E-state index is 0.337. The lowest BCUT2D eigenvalue weighted by Crippen LogP contribution is -2.19. The van der Waals surface area contributed by atoms with E-state index >= 15 is 0 Å². The molecule has 0 fully saturated rings. The lowest BCUT2D eigenvalue weighted by atomic mass is 10.2. The fourth-order valence-corrected chi connectivity index (χ4v) is 3.28. The van der Waals surface area contributed by atoms with Gasteiger partial charge in [0.1, 0.15) is 4.88 Å². The Morgan fingerprint density at radius 2 is 1.88 bits per heavy atom. The summed E-state index contributed by atoms with van der Waals surface area (Å²) < 4.78 is 0. The van der Waals surface area contributed by atoms with Crippen LogP contribution in [0.5, 0.6) is 0 Å². The maximum atomic E-state index is 12.4. The van der Waals surface area contributed by atoms with Crippen molar-refractivity contribution in [3.05, 3.63) is 70.3 Å². The number of thiophene rings is 1. The molecule has 1 aromatic carbocycles. The van der Waals surface area contributed by atoms with Gasteiger partial charge in [0.05, 0.1) is 11.4 Å². The number of anilines is 1. The van der Waals surface area contributed by atoms with Gasteiger partial charge in [-0.25, -0.2) is 5.43 Å². The Kier molecular flexibility index (Phi) is 5.11. The van der Waals surface area contributed by atoms with Crippen molar-refractivity contribution in [3.8, 4) is 10.4 Å². The highest BCUT2D eigenvalue weighted by Crippen LogP contribution is 2.33. The lowest BCUT2D eigenvalue weighted by Gasteiger charge is -2.02. The molecule has 0 bridgehead atoms. The first-order chi connectivity index (χ1) is 12.0. The van der Waals surface area contributed by atoms with Crippen molar-refractivity contribution in [3.63, 3.8) is 0 Å². The predicted molar refractivity (Wildman–Crippen MR) is 103 cm³/mol. The number of nitrogen functional groups attached to an aromatic ring is 1. The van der Waals surface area contributed by atoms with Crippen LogP contribution >= 0.6 is 22.9 Å². The van der Waals surface area contributed by atoms with Gasteiger partial charge < -0.3 is 5.73 Å². The second-order valence-electron chi connectivity index (χ2n) is 5.28. The molecule has 0 radical (unpaired) electrons. The van der Waals surface area contributed by atoms with E-state index in [2.05, 4.69) is 15.5 Å².